The number of hydrogen-bond donors (Lipinski definition) is 0. The van der Waals surface area contributed by atoms with Crippen molar-refractivity contribution in [3.8, 4) is 0 Å². The van der Waals surface area contributed by atoms with E-state index in [9.17, 15) is 8.42 Å². The van der Waals surface area contributed by atoms with Gasteiger partial charge in [0.05, 0.1) is 31.5 Å². The molecule has 0 spiro atoms. The van der Waals surface area contributed by atoms with Gasteiger partial charge < -0.3 is 4.74 Å². The van der Waals surface area contributed by atoms with Crippen molar-refractivity contribution in [1.82, 2.24) is 18.4 Å². The van der Waals surface area contributed by atoms with Gasteiger partial charge in [-0.1, -0.05) is 30.3 Å². The monoisotopic (exact) mass is 378 g/mol. The van der Waals surface area contributed by atoms with Crippen LogP contribution in [0.15, 0.2) is 30.3 Å². The van der Waals surface area contributed by atoms with Gasteiger partial charge in [-0.3, -0.25) is 4.68 Å². The zero-order valence-corrected chi connectivity index (χ0v) is 16.5. The molecule has 2 aromatic rings. The molecule has 1 saturated heterocycles. The number of ether oxygens (including phenoxy) is 1. The third-order valence-corrected chi connectivity index (χ3v) is 6.74. The van der Waals surface area contributed by atoms with Crippen LogP contribution in [0.3, 0.4) is 0 Å². The lowest BCUT2D eigenvalue weighted by atomic mass is 10.0. The number of nitrogens with zero attached hydrogens (tertiary/aromatic N) is 4. The number of aromatic nitrogens is 2. The molecule has 1 aromatic heterocycles. The van der Waals surface area contributed by atoms with E-state index in [2.05, 4.69) is 17.2 Å². The maximum atomic E-state index is 12.8. The summed E-state index contributed by atoms with van der Waals surface area (Å²) in [5.74, 6) is 0. The molecule has 0 N–H and O–H groups in total. The van der Waals surface area contributed by atoms with Gasteiger partial charge in [0.1, 0.15) is 0 Å². The summed E-state index contributed by atoms with van der Waals surface area (Å²) in [6.07, 6.45) is 0. The molecule has 3 rings (SSSR count). The van der Waals surface area contributed by atoms with E-state index in [4.69, 9.17) is 4.74 Å². The molecule has 1 fully saturated rings. The van der Waals surface area contributed by atoms with Gasteiger partial charge in [0.2, 0.25) is 0 Å². The van der Waals surface area contributed by atoms with Gasteiger partial charge in [-0.2, -0.15) is 22.1 Å². The molecule has 1 unspecified atom stereocenters. The number of aryl methyl sites for hydroxylation is 1. The molecule has 0 saturated carbocycles. The molecular formula is C18H26N4O3S. The minimum atomic E-state index is -3.53. The minimum Gasteiger partial charge on any atom is -0.378 e. The largest absolute Gasteiger partial charge is 0.378 e. The van der Waals surface area contributed by atoms with Crippen LogP contribution in [0.25, 0.3) is 0 Å². The summed E-state index contributed by atoms with van der Waals surface area (Å²) in [6.45, 7) is 5.66. The molecule has 0 bridgehead atoms. The van der Waals surface area contributed by atoms with Crippen molar-refractivity contribution in [2.45, 2.75) is 26.4 Å². The maximum absolute atomic E-state index is 12.8. The highest BCUT2D eigenvalue weighted by molar-refractivity contribution is 7.86. The fourth-order valence-corrected chi connectivity index (χ4v) is 4.62. The van der Waals surface area contributed by atoms with E-state index in [0.717, 1.165) is 22.5 Å². The van der Waals surface area contributed by atoms with E-state index >= 15 is 0 Å². The van der Waals surface area contributed by atoms with Crippen molar-refractivity contribution in [2.24, 2.45) is 0 Å². The maximum Gasteiger partial charge on any atom is 0.282 e. The van der Waals surface area contributed by atoms with E-state index in [1.54, 1.807) is 14.1 Å². The first-order valence-corrected chi connectivity index (χ1v) is 10.1. The second kappa shape index (κ2) is 7.48. The van der Waals surface area contributed by atoms with Gasteiger partial charge in [0, 0.05) is 31.9 Å². The topological polar surface area (TPSA) is 67.7 Å². The highest BCUT2D eigenvalue weighted by Gasteiger charge is 2.38. The van der Waals surface area contributed by atoms with Crippen molar-refractivity contribution in [3.05, 3.63) is 52.8 Å². The standard InChI is InChI=1S/C18H26N4O3S/c1-14-18(15(2)21(19-14)12-16-8-6-5-7-9-16)17-13-25-11-10-22(17)26(23,24)20(3)4/h5-9,17H,10-13H2,1-4H3. The van der Waals surface area contributed by atoms with E-state index in [-0.39, 0.29) is 6.04 Å². The number of morpholine rings is 1. The van der Waals surface area contributed by atoms with Crippen LogP contribution >= 0.6 is 0 Å². The van der Waals surface area contributed by atoms with Crippen LogP contribution < -0.4 is 0 Å². The molecule has 0 aliphatic carbocycles. The van der Waals surface area contributed by atoms with Gasteiger partial charge in [-0.25, -0.2) is 0 Å². The van der Waals surface area contributed by atoms with Crippen molar-refractivity contribution >= 4 is 10.2 Å². The van der Waals surface area contributed by atoms with E-state index < -0.39 is 10.2 Å². The second-order valence-electron chi connectivity index (χ2n) is 6.72. The first-order valence-electron chi connectivity index (χ1n) is 8.67. The Morgan fingerprint density at radius 2 is 1.92 bits per heavy atom. The first kappa shape index (κ1) is 19.0. The molecular weight excluding hydrogens is 352 g/mol. The van der Waals surface area contributed by atoms with Gasteiger partial charge >= 0.3 is 0 Å². The highest BCUT2D eigenvalue weighted by atomic mass is 32.2. The Bertz CT molecular complexity index is 862. The van der Waals surface area contributed by atoms with Crippen molar-refractivity contribution in [3.63, 3.8) is 0 Å². The van der Waals surface area contributed by atoms with Crippen molar-refractivity contribution < 1.29 is 13.2 Å². The van der Waals surface area contributed by atoms with Crippen LogP contribution in [0.5, 0.6) is 0 Å². The lowest BCUT2D eigenvalue weighted by Gasteiger charge is -2.36. The second-order valence-corrected chi connectivity index (χ2v) is 8.81. The lowest BCUT2D eigenvalue weighted by Crippen LogP contribution is -2.48. The van der Waals surface area contributed by atoms with Crippen LogP contribution in [0, 0.1) is 13.8 Å². The van der Waals surface area contributed by atoms with Crippen LogP contribution in [-0.4, -0.2) is 60.7 Å². The Hall–Kier alpha value is -1.74. The van der Waals surface area contributed by atoms with E-state index in [1.165, 1.54) is 8.61 Å². The summed E-state index contributed by atoms with van der Waals surface area (Å²) < 4.78 is 35.9. The first-order chi connectivity index (χ1) is 12.3. The summed E-state index contributed by atoms with van der Waals surface area (Å²) in [5, 5.41) is 4.67. The Labute approximate surface area is 155 Å². The quantitative estimate of drug-likeness (QED) is 0.795. The fraction of sp³-hybridized carbons (Fsp3) is 0.500. The fourth-order valence-electron chi connectivity index (χ4n) is 3.41. The molecule has 142 valence electrons. The number of benzene rings is 1. The predicted octanol–water partition coefficient (Wildman–Crippen LogP) is 1.73. The molecule has 1 aromatic carbocycles. The van der Waals surface area contributed by atoms with Crippen molar-refractivity contribution in [1.29, 1.82) is 0 Å². The molecule has 26 heavy (non-hydrogen) atoms. The third-order valence-electron chi connectivity index (χ3n) is 4.78. The molecule has 2 heterocycles. The minimum absolute atomic E-state index is 0.339. The van der Waals surface area contributed by atoms with Gasteiger partial charge in [-0.05, 0) is 19.4 Å². The Balaban J connectivity index is 1.97. The van der Waals surface area contributed by atoms with E-state index in [0.29, 0.717) is 26.3 Å². The SMILES string of the molecule is Cc1nn(Cc2ccccc2)c(C)c1C1COCCN1S(=O)(=O)N(C)C. The van der Waals surface area contributed by atoms with Gasteiger partial charge in [0.25, 0.3) is 10.2 Å². The van der Waals surface area contributed by atoms with Crippen molar-refractivity contribution in [2.75, 3.05) is 33.9 Å². The van der Waals surface area contributed by atoms with Crippen LogP contribution in [0.1, 0.15) is 28.6 Å². The molecule has 1 aliphatic rings. The predicted molar refractivity (Wildman–Crippen MR) is 100 cm³/mol. The molecule has 0 amide bonds. The molecule has 1 atom stereocenters. The summed E-state index contributed by atoms with van der Waals surface area (Å²) in [4.78, 5) is 0. The van der Waals surface area contributed by atoms with E-state index in [1.807, 2.05) is 36.7 Å². The summed E-state index contributed by atoms with van der Waals surface area (Å²) in [7, 11) is -0.419. The molecule has 8 heteroatoms. The Kier molecular flexibility index (Phi) is 5.47. The average molecular weight is 378 g/mol. The smallest absolute Gasteiger partial charge is 0.282 e. The molecule has 0 radical (unpaired) electrons. The summed E-state index contributed by atoms with van der Waals surface area (Å²) >= 11 is 0. The Morgan fingerprint density at radius 1 is 1.23 bits per heavy atom. The van der Waals surface area contributed by atoms with Crippen LogP contribution in [0.2, 0.25) is 0 Å². The summed E-state index contributed by atoms with van der Waals surface area (Å²) in [5.41, 5.74) is 3.90. The normalized spacial score (nSPS) is 19.2. The molecule has 7 nitrogen and oxygen atoms in total. The van der Waals surface area contributed by atoms with Gasteiger partial charge in [-0.15, -0.1) is 0 Å². The zero-order valence-electron chi connectivity index (χ0n) is 15.7. The van der Waals surface area contributed by atoms with Crippen LogP contribution in [-0.2, 0) is 21.5 Å². The van der Waals surface area contributed by atoms with Crippen LogP contribution in [0.4, 0.5) is 0 Å². The Morgan fingerprint density at radius 3 is 2.58 bits per heavy atom. The summed E-state index contributed by atoms with van der Waals surface area (Å²) in [6, 6.07) is 9.75. The lowest BCUT2D eigenvalue weighted by molar-refractivity contribution is 0.0294. The molecule has 1 aliphatic heterocycles. The zero-order chi connectivity index (χ0) is 18.9. The number of rotatable bonds is 5. The number of hydrogen-bond acceptors (Lipinski definition) is 4. The third kappa shape index (κ3) is 3.55. The highest BCUT2D eigenvalue weighted by Crippen LogP contribution is 2.32. The average Bonchev–Trinajstić information content (AvgIpc) is 2.89. The van der Waals surface area contributed by atoms with Gasteiger partial charge in [0.15, 0.2) is 0 Å².